The van der Waals surface area contributed by atoms with E-state index in [0.29, 0.717) is 23.0 Å². The van der Waals surface area contributed by atoms with Crippen LogP contribution in [0.15, 0.2) is 58.0 Å². The van der Waals surface area contributed by atoms with Crippen LogP contribution in [0.3, 0.4) is 0 Å². The van der Waals surface area contributed by atoms with Gasteiger partial charge in [0.05, 0.1) is 23.9 Å². The number of nitrogens with one attached hydrogen (secondary N) is 1. The van der Waals surface area contributed by atoms with Crippen LogP contribution < -0.4 is 10.1 Å². The molecule has 1 aromatic heterocycles. The number of oxazole rings is 1. The van der Waals surface area contributed by atoms with Gasteiger partial charge in [0, 0.05) is 32.5 Å². The molecule has 1 heterocycles. The van der Waals surface area contributed by atoms with Crippen molar-refractivity contribution in [2.24, 2.45) is 0 Å². The van der Waals surface area contributed by atoms with E-state index in [1.54, 1.807) is 12.1 Å². The Balaban J connectivity index is 1.68. The van der Waals surface area contributed by atoms with Crippen LogP contribution in [0.4, 0.5) is 10.1 Å². The highest BCUT2D eigenvalue weighted by atomic mass is 32.2. The van der Waals surface area contributed by atoms with E-state index in [-0.39, 0.29) is 35.1 Å². The van der Waals surface area contributed by atoms with Crippen LogP contribution in [0.1, 0.15) is 12.3 Å². The Labute approximate surface area is 179 Å². The molecule has 0 radical (unpaired) electrons. The summed E-state index contributed by atoms with van der Waals surface area (Å²) in [6.07, 6.45) is 1.79. The number of carbonyl (C=O) groups excluding carboxylic acids is 1. The molecule has 0 atom stereocenters. The predicted molar refractivity (Wildman–Crippen MR) is 113 cm³/mol. The largest absolute Gasteiger partial charge is 0.495 e. The summed E-state index contributed by atoms with van der Waals surface area (Å²) in [6, 6.07) is 10.0. The van der Waals surface area contributed by atoms with Crippen molar-refractivity contribution in [2.75, 3.05) is 26.5 Å². The summed E-state index contributed by atoms with van der Waals surface area (Å²) in [7, 11) is 0.612. The summed E-state index contributed by atoms with van der Waals surface area (Å²) in [5.41, 5.74) is 0.920. The van der Waals surface area contributed by atoms with E-state index >= 15 is 0 Å². The van der Waals surface area contributed by atoms with Crippen LogP contribution in [0.25, 0.3) is 11.3 Å². The number of aryl methyl sites for hydroxylation is 1. The van der Waals surface area contributed by atoms with Crippen molar-refractivity contribution in [3.8, 4) is 17.1 Å². The van der Waals surface area contributed by atoms with Crippen LogP contribution >= 0.6 is 0 Å². The van der Waals surface area contributed by atoms with E-state index in [0.717, 1.165) is 4.31 Å². The molecule has 1 amide bonds. The Hall–Kier alpha value is -3.24. The molecule has 1 N–H and O–H groups in total. The van der Waals surface area contributed by atoms with Gasteiger partial charge >= 0.3 is 0 Å². The Morgan fingerprint density at radius 1 is 1.19 bits per heavy atom. The highest BCUT2D eigenvalue weighted by Gasteiger charge is 2.20. The zero-order chi connectivity index (χ0) is 22.6. The van der Waals surface area contributed by atoms with E-state index < -0.39 is 10.0 Å². The van der Waals surface area contributed by atoms with Crippen LogP contribution in [-0.2, 0) is 21.2 Å². The number of ether oxygens (including phenoxy) is 1. The van der Waals surface area contributed by atoms with Gasteiger partial charge in [-0.2, -0.15) is 0 Å². The average Bonchev–Trinajstić information content (AvgIpc) is 3.21. The monoisotopic (exact) mass is 447 g/mol. The zero-order valence-electron chi connectivity index (χ0n) is 17.3. The van der Waals surface area contributed by atoms with Crippen molar-refractivity contribution >= 4 is 21.6 Å². The summed E-state index contributed by atoms with van der Waals surface area (Å²) in [4.78, 5) is 16.6. The second kappa shape index (κ2) is 9.27. The van der Waals surface area contributed by atoms with Gasteiger partial charge in [0.15, 0.2) is 11.7 Å². The molecule has 0 saturated carbocycles. The number of hydrogen-bond acceptors (Lipinski definition) is 6. The predicted octanol–water partition coefficient (Wildman–Crippen LogP) is 3.31. The number of aromatic nitrogens is 1. The molecule has 8 nitrogen and oxygen atoms in total. The first-order chi connectivity index (χ1) is 14.7. The van der Waals surface area contributed by atoms with E-state index in [2.05, 4.69) is 10.3 Å². The van der Waals surface area contributed by atoms with Gasteiger partial charge in [-0.25, -0.2) is 22.1 Å². The maximum atomic E-state index is 13.0. The minimum atomic E-state index is -3.66. The minimum Gasteiger partial charge on any atom is -0.495 e. The van der Waals surface area contributed by atoms with Crippen molar-refractivity contribution in [2.45, 2.75) is 17.7 Å². The van der Waals surface area contributed by atoms with Crippen molar-refractivity contribution in [3.05, 3.63) is 60.4 Å². The lowest BCUT2D eigenvalue weighted by Crippen LogP contribution is -2.22. The molecule has 10 heteroatoms. The fraction of sp³-hybridized carbons (Fsp3) is 0.238. The molecule has 0 unspecified atom stereocenters. The highest BCUT2D eigenvalue weighted by Crippen LogP contribution is 2.29. The van der Waals surface area contributed by atoms with Crippen LogP contribution in [0, 0.1) is 5.82 Å². The van der Waals surface area contributed by atoms with E-state index in [4.69, 9.17) is 9.15 Å². The summed E-state index contributed by atoms with van der Waals surface area (Å²) in [5, 5.41) is 2.67. The van der Waals surface area contributed by atoms with Gasteiger partial charge in [0.25, 0.3) is 0 Å². The molecule has 2 aromatic carbocycles. The van der Waals surface area contributed by atoms with Gasteiger partial charge in [-0.05, 0) is 42.5 Å². The van der Waals surface area contributed by atoms with Crippen molar-refractivity contribution in [1.29, 1.82) is 0 Å². The molecule has 0 aliphatic heterocycles. The molecule has 0 aliphatic carbocycles. The number of methoxy groups -OCH3 is 1. The first-order valence-corrected chi connectivity index (χ1v) is 10.8. The fourth-order valence-corrected chi connectivity index (χ4v) is 3.69. The molecule has 0 aliphatic rings. The van der Waals surface area contributed by atoms with Gasteiger partial charge in [0.1, 0.15) is 11.6 Å². The molecule has 3 rings (SSSR count). The standard InChI is InChI=1S/C21H22FN3O5S/c1-25(2)31(27,28)16-8-9-18(29-3)17(12-16)24-20(26)10-11-21-23-13-19(30-21)14-4-6-15(22)7-5-14/h4-9,12-13H,10-11H2,1-3H3,(H,24,26). The number of rotatable bonds is 8. The molecule has 0 fully saturated rings. The summed E-state index contributed by atoms with van der Waals surface area (Å²) >= 11 is 0. The topological polar surface area (TPSA) is 102 Å². The third kappa shape index (κ3) is 5.28. The number of halogens is 1. The fourth-order valence-electron chi connectivity index (χ4n) is 2.76. The molecule has 164 valence electrons. The SMILES string of the molecule is COc1ccc(S(=O)(=O)N(C)C)cc1NC(=O)CCc1ncc(-c2ccc(F)cc2)o1. The van der Waals surface area contributed by atoms with Gasteiger partial charge in [0.2, 0.25) is 15.9 Å². The summed E-state index contributed by atoms with van der Waals surface area (Å²) < 4.78 is 49.7. The Kier molecular flexibility index (Phi) is 6.71. The van der Waals surface area contributed by atoms with Gasteiger partial charge in [-0.3, -0.25) is 4.79 Å². The Bertz CT molecular complexity index is 1170. The van der Waals surface area contributed by atoms with Gasteiger partial charge < -0.3 is 14.5 Å². The minimum absolute atomic E-state index is 0.0326. The molecular weight excluding hydrogens is 425 g/mol. The Morgan fingerprint density at radius 3 is 2.55 bits per heavy atom. The zero-order valence-corrected chi connectivity index (χ0v) is 18.1. The number of anilines is 1. The Morgan fingerprint density at radius 2 is 1.90 bits per heavy atom. The van der Waals surface area contributed by atoms with Crippen molar-refractivity contribution in [3.63, 3.8) is 0 Å². The van der Waals surface area contributed by atoms with Crippen molar-refractivity contribution < 1.29 is 26.8 Å². The number of amides is 1. The molecule has 0 bridgehead atoms. The number of sulfonamides is 1. The lowest BCUT2D eigenvalue weighted by atomic mass is 10.2. The van der Waals surface area contributed by atoms with Crippen molar-refractivity contribution in [1.82, 2.24) is 9.29 Å². The highest BCUT2D eigenvalue weighted by molar-refractivity contribution is 7.89. The lowest BCUT2D eigenvalue weighted by Gasteiger charge is -2.15. The maximum Gasteiger partial charge on any atom is 0.242 e. The smallest absolute Gasteiger partial charge is 0.242 e. The lowest BCUT2D eigenvalue weighted by molar-refractivity contribution is -0.116. The molecule has 31 heavy (non-hydrogen) atoms. The van der Waals surface area contributed by atoms with E-state index in [1.807, 2.05) is 0 Å². The second-order valence-electron chi connectivity index (χ2n) is 6.82. The van der Waals surface area contributed by atoms with E-state index in [9.17, 15) is 17.6 Å². The van der Waals surface area contributed by atoms with E-state index in [1.165, 1.54) is 57.7 Å². The molecule has 0 saturated heterocycles. The average molecular weight is 447 g/mol. The summed E-state index contributed by atoms with van der Waals surface area (Å²) in [5.74, 6) is 0.446. The number of carbonyl (C=O) groups is 1. The normalized spacial score (nSPS) is 11.5. The quantitative estimate of drug-likeness (QED) is 0.569. The van der Waals surface area contributed by atoms with Crippen LogP contribution in [-0.4, -0.2) is 44.8 Å². The first-order valence-electron chi connectivity index (χ1n) is 9.32. The second-order valence-corrected chi connectivity index (χ2v) is 8.97. The third-order valence-electron chi connectivity index (χ3n) is 4.47. The third-order valence-corrected chi connectivity index (χ3v) is 6.28. The van der Waals surface area contributed by atoms with Crippen LogP contribution in [0.5, 0.6) is 5.75 Å². The number of nitrogens with zero attached hydrogens (tertiary/aromatic N) is 2. The van der Waals surface area contributed by atoms with Gasteiger partial charge in [-0.15, -0.1) is 0 Å². The summed E-state index contributed by atoms with van der Waals surface area (Å²) in [6.45, 7) is 0. The van der Waals surface area contributed by atoms with Gasteiger partial charge in [-0.1, -0.05) is 0 Å². The molecule has 0 spiro atoms. The number of hydrogen-bond donors (Lipinski definition) is 1. The first kappa shape index (κ1) is 22.4. The maximum absolute atomic E-state index is 13.0. The molecular formula is C21H22FN3O5S. The van der Waals surface area contributed by atoms with Crippen LogP contribution in [0.2, 0.25) is 0 Å². The number of benzene rings is 2. The molecule has 3 aromatic rings.